The molecule has 100 valence electrons. The highest BCUT2D eigenvalue weighted by Crippen LogP contribution is 2.23. The van der Waals surface area contributed by atoms with Crippen molar-refractivity contribution in [1.29, 1.82) is 0 Å². The van der Waals surface area contributed by atoms with Crippen molar-refractivity contribution < 1.29 is 13.7 Å². The van der Waals surface area contributed by atoms with Gasteiger partial charge in [0.1, 0.15) is 5.82 Å². The molecule has 2 unspecified atom stereocenters. The SMILES string of the molecule is NC1COCC1c1nc(Cc2ccc(F)cc2)no1. The summed E-state index contributed by atoms with van der Waals surface area (Å²) in [5, 5.41) is 3.92. The van der Waals surface area contributed by atoms with Gasteiger partial charge in [0, 0.05) is 12.5 Å². The fraction of sp³-hybridized carbons (Fsp3) is 0.385. The highest BCUT2D eigenvalue weighted by Gasteiger charge is 2.31. The molecule has 0 saturated carbocycles. The standard InChI is InChI=1S/C13H14FN3O2/c14-9-3-1-8(2-4-9)5-12-16-13(19-17-12)10-6-18-7-11(10)15/h1-4,10-11H,5-7,15H2. The molecule has 2 atom stereocenters. The summed E-state index contributed by atoms with van der Waals surface area (Å²) in [6.07, 6.45) is 0.507. The number of nitrogens with two attached hydrogens (primary N) is 1. The molecule has 0 spiro atoms. The molecule has 1 aromatic heterocycles. The van der Waals surface area contributed by atoms with Crippen LogP contribution in [0.25, 0.3) is 0 Å². The normalized spacial score (nSPS) is 22.8. The van der Waals surface area contributed by atoms with Crippen LogP contribution >= 0.6 is 0 Å². The van der Waals surface area contributed by atoms with Crippen molar-refractivity contribution in [3.05, 3.63) is 47.4 Å². The second kappa shape index (κ2) is 5.07. The van der Waals surface area contributed by atoms with Crippen molar-refractivity contribution in [2.45, 2.75) is 18.4 Å². The first-order valence-electron chi connectivity index (χ1n) is 6.12. The van der Waals surface area contributed by atoms with Gasteiger partial charge in [-0.05, 0) is 17.7 Å². The summed E-state index contributed by atoms with van der Waals surface area (Å²) in [6, 6.07) is 6.14. The minimum atomic E-state index is -0.258. The number of benzene rings is 1. The first-order chi connectivity index (χ1) is 9.22. The Morgan fingerprint density at radius 3 is 2.74 bits per heavy atom. The zero-order chi connectivity index (χ0) is 13.2. The summed E-state index contributed by atoms with van der Waals surface area (Å²) in [5.41, 5.74) is 6.83. The maximum absolute atomic E-state index is 12.8. The fourth-order valence-corrected chi connectivity index (χ4v) is 2.10. The van der Waals surface area contributed by atoms with Gasteiger partial charge in [0.2, 0.25) is 5.89 Å². The summed E-state index contributed by atoms with van der Waals surface area (Å²) in [5.74, 6) is 0.795. The maximum Gasteiger partial charge on any atom is 0.233 e. The number of aromatic nitrogens is 2. The highest BCUT2D eigenvalue weighted by atomic mass is 19.1. The minimum absolute atomic E-state index is 0.0329. The van der Waals surface area contributed by atoms with Gasteiger partial charge in [0.25, 0.3) is 0 Å². The van der Waals surface area contributed by atoms with Crippen LogP contribution < -0.4 is 5.73 Å². The molecule has 0 amide bonds. The summed E-state index contributed by atoms with van der Waals surface area (Å²) in [6.45, 7) is 1.03. The van der Waals surface area contributed by atoms with Gasteiger partial charge in [-0.2, -0.15) is 4.98 Å². The van der Waals surface area contributed by atoms with Gasteiger partial charge < -0.3 is 15.0 Å². The second-order valence-electron chi connectivity index (χ2n) is 4.66. The molecular weight excluding hydrogens is 249 g/mol. The number of ether oxygens (including phenoxy) is 1. The molecule has 19 heavy (non-hydrogen) atoms. The Morgan fingerprint density at radius 1 is 1.26 bits per heavy atom. The zero-order valence-electron chi connectivity index (χ0n) is 10.3. The lowest BCUT2D eigenvalue weighted by Gasteiger charge is -2.06. The van der Waals surface area contributed by atoms with E-state index >= 15 is 0 Å². The Balaban J connectivity index is 1.72. The fourth-order valence-electron chi connectivity index (χ4n) is 2.10. The van der Waals surface area contributed by atoms with Crippen molar-refractivity contribution in [1.82, 2.24) is 10.1 Å². The average Bonchev–Trinajstić information content (AvgIpc) is 3.01. The van der Waals surface area contributed by atoms with Gasteiger partial charge in [-0.15, -0.1) is 0 Å². The van der Waals surface area contributed by atoms with Crippen LogP contribution in [-0.4, -0.2) is 29.4 Å². The smallest absolute Gasteiger partial charge is 0.233 e. The lowest BCUT2D eigenvalue weighted by molar-refractivity contribution is 0.187. The molecule has 2 aromatic rings. The summed E-state index contributed by atoms with van der Waals surface area (Å²) in [7, 11) is 0. The number of hydrogen-bond donors (Lipinski definition) is 1. The lowest BCUT2D eigenvalue weighted by atomic mass is 10.1. The zero-order valence-corrected chi connectivity index (χ0v) is 10.3. The van der Waals surface area contributed by atoms with Gasteiger partial charge in [0.15, 0.2) is 5.82 Å². The van der Waals surface area contributed by atoms with Crippen molar-refractivity contribution in [2.24, 2.45) is 5.73 Å². The Morgan fingerprint density at radius 2 is 2.05 bits per heavy atom. The third-order valence-electron chi connectivity index (χ3n) is 3.20. The second-order valence-corrected chi connectivity index (χ2v) is 4.66. The minimum Gasteiger partial charge on any atom is -0.379 e. The molecule has 2 N–H and O–H groups in total. The summed E-state index contributed by atoms with van der Waals surface area (Å²) in [4.78, 5) is 4.33. The van der Waals surface area contributed by atoms with Crippen LogP contribution in [0, 0.1) is 5.82 Å². The third-order valence-corrected chi connectivity index (χ3v) is 3.20. The predicted molar refractivity (Wildman–Crippen MR) is 65.0 cm³/mol. The van der Waals surface area contributed by atoms with Crippen LogP contribution in [0.4, 0.5) is 4.39 Å². The topological polar surface area (TPSA) is 74.2 Å². The molecule has 2 heterocycles. The third kappa shape index (κ3) is 2.64. The largest absolute Gasteiger partial charge is 0.379 e. The van der Waals surface area contributed by atoms with E-state index in [9.17, 15) is 4.39 Å². The predicted octanol–water partition coefficient (Wildman–Crippen LogP) is 1.24. The van der Waals surface area contributed by atoms with E-state index in [4.69, 9.17) is 15.0 Å². The van der Waals surface area contributed by atoms with Crippen LogP contribution in [0.2, 0.25) is 0 Å². The van der Waals surface area contributed by atoms with E-state index in [2.05, 4.69) is 10.1 Å². The van der Waals surface area contributed by atoms with Crippen molar-refractivity contribution in [3.63, 3.8) is 0 Å². The van der Waals surface area contributed by atoms with Crippen molar-refractivity contribution in [2.75, 3.05) is 13.2 Å². The molecule has 1 aromatic carbocycles. The van der Waals surface area contributed by atoms with E-state index in [0.29, 0.717) is 31.3 Å². The number of nitrogens with zero attached hydrogens (tertiary/aromatic N) is 2. The molecule has 0 aliphatic carbocycles. The van der Waals surface area contributed by atoms with Crippen LogP contribution in [0.1, 0.15) is 23.2 Å². The van der Waals surface area contributed by atoms with E-state index in [1.807, 2.05) is 0 Å². The van der Waals surface area contributed by atoms with E-state index in [1.165, 1.54) is 12.1 Å². The molecule has 1 aliphatic heterocycles. The molecule has 5 nitrogen and oxygen atoms in total. The molecule has 6 heteroatoms. The summed E-state index contributed by atoms with van der Waals surface area (Å²) >= 11 is 0. The van der Waals surface area contributed by atoms with Crippen LogP contribution in [0.3, 0.4) is 0 Å². The highest BCUT2D eigenvalue weighted by molar-refractivity contribution is 5.19. The Hall–Kier alpha value is -1.79. The van der Waals surface area contributed by atoms with E-state index < -0.39 is 0 Å². The number of rotatable bonds is 3. The Labute approximate surface area is 109 Å². The monoisotopic (exact) mass is 263 g/mol. The van der Waals surface area contributed by atoms with Crippen LogP contribution in [0.15, 0.2) is 28.8 Å². The Kier molecular flexibility index (Phi) is 3.27. The van der Waals surface area contributed by atoms with E-state index in [1.54, 1.807) is 12.1 Å². The molecule has 1 saturated heterocycles. The Bertz CT molecular complexity index is 555. The molecular formula is C13H14FN3O2. The van der Waals surface area contributed by atoms with Crippen molar-refractivity contribution >= 4 is 0 Å². The molecule has 0 radical (unpaired) electrons. The van der Waals surface area contributed by atoms with Crippen LogP contribution in [0.5, 0.6) is 0 Å². The van der Waals surface area contributed by atoms with E-state index in [0.717, 1.165) is 5.56 Å². The first-order valence-corrected chi connectivity index (χ1v) is 6.12. The maximum atomic E-state index is 12.8. The van der Waals surface area contributed by atoms with Crippen LogP contribution in [-0.2, 0) is 11.2 Å². The summed E-state index contributed by atoms with van der Waals surface area (Å²) < 4.78 is 23.3. The van der Waals surface area contributed by atoms with Gasteiger partial charge in [0.05, 0.1) is 19.1 Å². The van der Waals surface area contributed by atoms with Gasteiger partial charge in [-0.25, -0.2) is 4.39 Å². The van der Waals surface area contributed by atoms with Crippen molar-refractivity contribution in [3.8, 4) is 0 Å². The molecule has 0 bridgehead atoms. The average molecular weight is 263 g/mol. The lowest BCUT2D eigenvalue weighted by Crippen LogP contribution is -2.27. The number of hydrogen-bond acceptors (Lipinski definition) is 5. The molecule has 3 rings (SSSR count). The molecule has 1 fully saturated rings. The van der Waals surface area contributed by atoms with E-state index in [-0.39, 0.29) is 17.8 Å². The quantitative estimate of drug-likeness (QED) is 0.901. The van der Waals surface area contributed by atoms with Gasteiger partial charge >= 0.3 is 0 Å². The van der Waals surface area contributed by atoms with Gasteiger partial charge in [-0.3, -0.25) is 0 Å². The molecule has 1 aliphatic rings. The number of halogens is 1. The van der Waals surface area contributed by atoms with Gasteiger partial charge in [-0.1, -0.05) is 17.3 Å². The first kappa shape index (κ1) is 12.3.